The normalized spacial score (nSPS) is 11.5. The van der Waals surface area contributed by atoms with E-state index >= 15 is 0 Å². The van der Waals surface area contributed by atoms with Crippen LogP contribution in [0.5, 0.6) is 0 Å². The molecule has 7 heteroatoms. The number of benzene rings is 1. The topological polar surface area (TPSA) is 105 Å². The first kappa shape index (κ1) is 12.7. The number of amidine groups is 1. The van der Waals surface area contributed by atoms with Gasteiger partial charge in [-0.05, 0) is 12.1 Å². The van der Waals surface area contributed by atoms with Crippen LogP contribution in [0.3, 0.4) is 0 Å². The van der Waals surface area contributed by atoms with Gasteiger partial charge in [-0.15, -0.1) is 0 Å². The summed E-state index contributed by atoms with van der Waals surface area (Å²) in [4.78, 5) is 21.9. The number of nitrogens with zero attached hydrogens (tertiary/aromatic N) is 4. The zero-order valence-corrected chi connectivity index (χ0v) is 10.3. The SMILES string of the molecule is CN(C/C(N)=N/O)C(=O)c1cccc2nccnc12. The number of nitrogens with two attached hydrogens (primary N) is 1. The van der Waals surface area contributed by atoms with Gasteiger partial charge in [0.1, 0.15) is 5.52 Å². The fraction of sp³-hybridized carbons (Fsp3) is 0.167. The van der Waals surface area contributed by atoms with Gasteiger partial charge in [0.05, 0.1) is 17.6 Å². The molecule has 0 saturated heterocycles. The molecule has 0 radical (unpaired) electrons. The molecule has 0 unspecified atom stereocenters. The van der Waals surface area contributed by atoms with Crippen molar-refractivity contribution in [2.45, 2.75) is 0 Å². The van der Waals surface area contributed by atoms with Crippen molar-refractivity contribution in [2.24, 2.45) is 10.9 Å². The minimum atomic E-state index is -0.266. The van der Waals surface area contributed by atoms with Gasteiger partial charge in [-0.3, -0.25) is 14.8 Å². The average molecular weight is 259 g/mol. The maximum Gasteiger partial charge on any atom is 0.256 e. The zero-order valence-electron chi connectivity index (χ0n) is 10.3. The Morgan fingerprint density at radius 3 is 2.89 bits per heavy atom. The van der Waals surface area contributed by atoms with Crippen LogP contribution in [0.15, 0.2) is 35.7 Å². The lowest BCUT2D eigenvalue weighted by molar-refractivity contribution is 0.0815. The van der Waals surface area contributed by atoms with E-state index in [0.29, 0.717) is 16.6 Å². The molecule has 0 saturated carbocycles. The maximum absolute atomic E-state index is 12.3. The van der Waals surface area contributed by atoms with Crippen molar-refractivity contribution in [3.05, 3.63) is 36.2 Å². The Kier molecular flexibility index (Phi) is 3.56. The fourth-order valence-electron chi connectivity index (χ4n) is 1.72. The van der Waals surface area contributed by atoms with Gasteiger partial charge in [-0.25, -0.2) is 0 Å². The first-order valence-electron chi connectivity index (χ1n) is 5.55. The van der Waals surface area contributed by atoms with Crippen LogP contribution in [0.4, 0.5) is 0 Å². The Labute approximate surface area is 109 Å². The average Bonchev–Trinajstić information content (AvgIpc) is 2.45. The molecule has 98 valence electrons. The molecule has 1 aromatic carbocycles. The second kappa shape index (κ2) is 5.30. The Balaban J connectivity index is 2.36. The molecule has 0 aliphatic rings. The molecule has 1 aromatic heterocycles. The van der Waals surface area contributed by atoms with Crippen LogP contribution < -0.4 is 5.73 Å². The smallest absolute Gasteiger partial charge is 0.256 e. The number of hydrogen-bond acceptors (Lipinski definition) is 5. The molecule has 2 rings (SSSR count). The van der Waals surface area contributed by atoms with Crippen molar-refractivity contribution in [1.29, 1.82) is 0 Å². The summed E-state index contributed by atoms with van der Waals surface area (Å²) in [5.74, 6) is -0.306. The lowest BCUT2D eigenvalue weighted by Gasteiger charge is -2.16. The number of rotatable bonds is 3. The van der Waals surface area contributed by atoms with E-state index in [0.717, 1.165) is 0 Å². The van der Waals surface area contributed by atoms with Crippen molar-refractivity contribution >= 4 is 22.8 Å². The molecule has 0 fully saturated rings. The molecule has 7 nitrogen and oxygen atoms in total. The van der Waals surface area contributed by atoms with Gasteiger partial charge in [0.15, 0.2) is 5.84 Å². The summed E-state index contributed by atoms with van der Waals surface area (Å²) in [6.07, 6.45) is 3.10. The van der Waals surface area contributed by atoms with E-state index < -0.39 is 0 Å². The number of amides is 1. The second-order valence-electron chi connectivity index (χ2n) is 3.98. The Hall–Kier alpha value is -2.70. The first-order chi connectivity index (χ1) is 9.13. The summed E-state index contributed by atoms with van der Waals surface area (Å²) in [7, 11) is 1.57. The predicted molar refractivity (Wildman–Crippen MR) is 69.9 cm³/mol. The highest BCUT2D eigenvalue weighted by molar-refractivity contribution is 6.05. The van der Waals surface area contributed by atoms with Gasteiger partial charge in [-0.2, -0.15) is 0 Å². The van der Waals surface area contributed by atoms with Crippen LogP contribution in [0, 0.1) is 0 Å². The molecule has 0 spiro atoms. The summed E-state index contributed by atoms with van der Waals surface area (Å²) in [5.41, 5.74) is 6.98. The van der Waals surface area contributed by atoms with Crippen LogP contribution in [0.25, 0.3) is 11.0 Å². The van der Waals surface area contributed by atoms with E-state index in [1.807, 2.05) is 0 Å². The van der Waals surface area contributed by atoms with Crippen molar-refractivity contribution < 1.29 is 10.0 Å². The quantitative estimate of drug-likeness (QED) is 0.360. The number of likely N-dealkylation sites (N-methyl/N-ethyl adjacent to an activating group) is 1. The van der Waals surface area contributed by atoms with Gasteiger partial charge in [-0.1, -0.05) is 11.2 Å². The fourth-order valence-corrected chi connectivity index (χ4v) is 1.72. The number of para-hydroxylation sites is 1. The van der Waals surface area contributed by atoms with Crippen molar-refractivity contribution in [3.8, 4) is 0 Å². The minimum Gasteiger partial charge on any atom is -0.409 e. The zero-order chi connectivity index (χ0) is 13.8. The third kappa shape index (κ3) is 2.59. The highest BCUT2D eigenvalue weighted by atomic mass is 16.4. The maximum atomic E-state index is 12.3. The third-order valence-electron chi connectivity index (χ3n) is 2.60. The largest absolute Gasteiger partial charge is 0.409 e. The molecule has 0 aliphatic heterocycles. The Morgan fingerprint density at radius 2 is 2.16 bits per heavy atom. The van der Waals surface area contributed by atoms with Crippen LogP contribution in [0.2, 0.25) is 0 Å². The highest BCUT2D eigenvalue weighted by Crippen LogP contribution is 2.15. The van der Waals surface area contributed by atoms with Crippen LogP contribution in [-0.2, 0) is 0 Å². The van der Waals surface area contributed by atoms with Crippen LogP contribution in [-0.4, -0.2) is 45.4 Å². The number of fused-ring (bicyclic) bond motifs is 1. The van der Waals surface area contributed by atoms with Crippen molar-refractivity contribution in [1.82, 2.24) is 14.9 Å². The second-order valence-corrected chi connectivity index (χ2v) is 3.98. The van der Waals surface area contributed by atoms with Crippen LogP contribution in [0.1, 0.15) is 10.4 Å². The predicted octanol–water partition coefficient (Wildman–Crippen LogP) is 0.448. The van der Waals surface area contributed by atoms with E-state index in [1.165, 1.54) is 11.1 Å². The lowest BCUT2D eigenvalue weighted by atomic mass is 10.1. The molecule has 1 heterocycles. The van der Waals surface area contributed by atoms with Gasteiger partial charge < -0.3 is 15.8 Å². The molecule has 0 atom stereocenters. The number of carbonyl (C=O) groups excluding carboxylic acids is 1. The molecule has 3 N–H and O–H groups in total. The number of aromatic nitrogens is 2. The van der Waals surface area contributed by atoms with Crippen molar-refractivity contribution in [2.75, 3.05) is 13.6 Å². The van der Waals surface area contributed by atoms with Crippen LogP contribution >= 0.6 is 0 Å². The molecule has 2 aromatic rings. The van der Waals surface area contributed by atoms with Gasteiger partial charge in [0.2, 0.25) is 0 Å². The molecule has 19 heavy (non-hydrogen) atoms. The summed E-state index contributed by atoms with van der Waals surface area (Å²) < 4.78 is 0. The number of oxime groups is 1. The van der Waals surface area contributed by atoms with E-state index in [9.17, 15) is 4.79 Å². The molecular formula is C12H13N5O2. The molecule has 0 aliphatic carbocycles. The van der Waals surface area contributed by atoms with E-state index in [-0.39, 0.29) is 18.3 Å². The van der Waals surface area contributed by atoms with Crippen molar-refractivity contribution in [3.63, 3.8) is 0 Å². The number of hydrogen-bond donors (Lipinski definition) is 2. The summed E-state index contributed by atoms with van der Waals surface area (Å²) in [5, 5.41) is 11.3. The summed E-state index contributed by atoms with van der Waals surface area (Å²) in [6.45, 7) is 0.0337. The lowest BCUT2D eigenvalue weighted by Crippen LogP contribution is -2.35. The van der Waals surface area contributed by atoms with Gasteiger partial charge >= 0.3 is 0 Å². The standard InChI is InChI=1S/C12H13N5O2/c1-17(7-10(13)16-19)12(18)8-3-2-4-9-11(8)15-6-5-14-9/h2-6,19H,7H2,1H3,(H2,13,16). The monoisotopic (exact) mass is 259 g/mol. The Bertz CT molecular complexity index is 636. The number of carbonyl (C=O) groups is 1. The van der Waals surface area contributed by atoms with Gasteiger partial charge in [0, 0.05) is 19.4 Å². The van der Waals surface area contributed by atoms with E-state index in [4.69, 9.17) is 10.9 Å². The summed E-state index contributed by atoms with van der Waals surface area (Å²) in [6, 6.07) is 5.19. The molecular weight excluding hydrogens is 246 g/mol. The minimum absolute atomic E-state index is 0.0337. The Morgan fingerprint density at radius 1 is 1.42 bits per heavy atom. The third-order valence-corrected chi connectivity index (χ3v) is 2.60. The van der Waals surface area contributed by atoms with E-state index in [1.54, 1.807) is 31.4 Å². The molecule has 0 bridgehead atoms. The van der Waals surface area contributed by atoms with E-state index in [2.05, 4.69) is 15.1 Å². The highest BCUT2D eigenvalue weighted by Gasteiger charge is 2.16. The summed E-state index contributed by atoms with van der Waals surface area (Å²) >= 11 is 0. The first-order valence-corrected chi connectivity index (χ1v) is 5.55. The molecule has 1 amide bonds. The van der Waals surface area contributed by atoms with Gasteiger partial charge in [0.25, 0.3) is 5.91 Å².